The van der Waals surface area contributed by atoms with Gasteiger partial charge in [0, 0.05) is 41.8 Å². The molecule has 1 fully saturated rings. The SMILES string of the molecule is NCCCCCC(=O)N1CCS(=O)CC1. The lowest BCUT2D eigenvalue weighted by atomic mass is 10.2. The van der Waals surface area contributed by atoms with Crippen molar-refractivity contribution in [2.45, 2.75) is 25.7 Å². The second kappa shape index (κ2) is 6.95. The minimum Gasteiger partial charge on any atom is -0.341 e. The van der Waals surface area contributed by atoms with E-state index in [9.17, 15) is 9.00 Å². The highest BCUT2D eigenvalue weighted by atomic mass is 32.2. The van der Waals surface area contributed by atoms with Crippen LogP contribution in [0.25, 0.3) is 0 Å². The Hall–Kier alpha value is -0.420. The molecule has 1 rings (SSSR count). The van der Waals surface area contributed by atoms with Gasteiger partial charge in [-0.05, 0) is 19.4 Å². The largest absolute Gasteiger partial charge is 0.341 e. The smallest absolute Gasteiger partial charge is 0.222 e. The van der Waals surface area contributed by atoms with Gasteiger partial charge in [0.05, 0.1) is 0 Å². The van der Waals surface area contributed by atoms with Crippen LogP contribution in [0.5, 0.6) is 0 Å². The van der Waals surface area contributed by atoms with Crippen molar-refractivity contribution in [1.29, 1.82) is 0 Å². The van der Waals surface area contributed by atoms with E-state index in [-0.39, 0.29) is 5.91 Å². The van der Waals surface area contributed by atoms with E-state index in [0.717, 1.165) is 19.3 Å². The van der Waals surface area contributed by atoms with Gasteiger partial charge in [0.25, 0.3) is 0 Å². The van der Waals surface area contributed by atoms with Crippen LogP contribution in [-0.2, 0) is 15.6 Å². The Kier molecular flexibility index (Phi) is 5.86. The lowest BCUT2D eigenvalue weighted by Crippen LogP contribution is -2.41. The first-order valence-corrected chi connectivity index (χ1v) is 7.05. The van der Waals surface area contributed by atoms with Gasteiger partial charge in [-0.1, -0.05) is 6.42 Å². The van der Waals surface area contributed by atoms with Gasteiger partial charge in [-0.15, -0.1) is 0 Å². The number of amides is 1. The maximum atomic E-state index is 11.7. The predicted molar refractivity (Wildman–Crippen MR) is 62.0 cm³/mol. The van der Waals surface area contributed by atoms with Gasteiger partial charge >= 0.3 is 0 Å². The van der Waals surface area contributed by atoms with E-state index >= 15 is 0 Å². The zero-order chi connectivity index (χ0) is 11.1. The normalized spacial score (nSPS) is 18.1. The van der Waals surface area contributed by atoms with Crippen LogP contribution in [0, 0.1) is 0 Å². The minimum atomic E-state index is -0.697. The molecule has 1 heterocycles. The molecular weight excluding hydrogens is 212 g/mol. The number of carbonyl (C=O) groups is 1. The van der Waals surface area contributed by atoms with Crippen LogP contribution in [0.2, 0.25) is 0 Å². The maximum absolute atomic E-state index is 11.7. The van der Waals surface area contributed by atoms with Gasteiger partial charge in [0.1, 0.15) is 0 Å². The fourth-order valence-corrected chi connectivity index (χ4v) is 2.69. The Morgan fingerprint density at radius 1 is 1.20 bits per heavy atom. The van der Waals surface area contributed by atoms with Gasteiger partial charge in [-0.3, -0.25) is 9.00 Å². The number of hydrogen-bond acceptors (Lipinski definition) is 3. The van der Waals surface area contributed by atoms with E-state index < -0.39 is 10.8 Å². The van der Waals surface area contributed by atoms with E-state index in [4.69, 9.17) is 5.73 Å². The molecule has 0 radical (unpaired) electrons. The molecule has 4 nitrogen and oxygen atoms in total. The molecule has 2 N–H and O–H groups in total. The minimum absolute atomic E-state index is 0.212. The second-order valence-corrected chi connectivity index (χ2v) is 5.52. The van der Waals surface area contributed by atoms with E-state index in [0.29, 0.717) is 37.6 Å². The van der Waals surface area contributed by atoms with Crippen LogP contribution < -0.4 is 5.73 Å². The van der Waals surface area contributed by atoms with E-state index in [1.165, 1.54) is 0 Å². The summed E-state index contributed by atoms with van der Waals surface area (Å²) in [5.41, 5.74) is 5.37. The highest BCUT2D eigenvalue weighted by molar-refractivity contribution is 7.85. The van der Waals surface area contributed by atoms with Gasteiger partial charge in [-0.2, -0.15) is 0 Å². The standard InChI is InChI=1S/C10H20N2O2S/c11-5-3-1-2-4-10(13)12-6-8-15(14)9-7-12/h1-9,11H2. The second-order valence-electron chi connectivity index (χ2n) is 3.83. The molecule has 0 unspecified atom stereocenters. The number of hydrogen-bond donors (Lipinski definition) is 1. The van der Waals surface area contributed by atoms with Gasteiger partial charge in [0.2, 0.25) is 5.91 Å². The molecule has 0 aromatic carbocycles. The fourth-order valence-electron chi connectivity index (χ4n) is 1.64. The number of rotatable bonds is 5. The number of carbonyl (C=O) groups excluding carboxylic acids is 1. The molecule has 15 heavy (non-hydrogen) atoms. The Morgan fingerprint density at radius 2 is 1.87 bits per heavy atom. The highest BCUT2D eigenvalue weighted by Gasteiger charge is 2.19. The zero-order valence-electron chi connectivity index (χ0n) is 9.11. The van der Waals surface area contributed by atoms with Crippen molar-refractivity contribution in [2.75, 3.05) is 31.1 Å². The molecule has 0 saturated carbocycles. The molecule has 0 atom stereocenters. The summed E-state index contributed by atoms with van der Waals surface area (Å²) in [6.07, 6.45) is 3.57. The topological polar surface area (TPSA) is 63.4 Å². The monoisotopic (exact) mass is 232 g/mol. The van der Waals surface area contributed by atoms with Crippen molar-refractivity contribution in [3.8, 4) is 0 Å². The summed E-state index contributed by atoms with van der Waals surface area (Å²) in [6.45, 7) is 2.04. The van der Waals surface area contributed by atoms with Gasteiger partial charge < -0.3 is 10.6 Å². The lowest BCUT2D eigenvalue weighted by Gasteiger charge is -2.26. The van der Waals surface area contributed by atoms with Crippen LogP contribution in [0.15, 0.2) is 0 Å². The molecule has 0 aliphatic carbocycles. The summed E-state index contributed by atoms with van der Waals surface area (Å²) in [7, 11) is -0.697. The van der Waals surface area contributed by atoms with E-state index in [1.54, 1.807) is 0 Å². The third-order valence-corrected chi connectivity index (χ3v) is 3.90. The lowest BCUT2D eigenvalue weighted by molar-refractivity contribution is -0.130. The maximum Gasteiger partial charge on any atom is 0.222 e. The number of unbranched alkanes of at least 4 members (excludes halogenated alkanes) is 2. The summed E-state index contributed by atoms with van der Waals surface area (Å²) >= 11 is 0. The molecule has 0 bridgehead atoms. The fraction of sp³-hybridized carbons (Fsp3) is 0.900. The Labute approximate surface area is 93.7 Å². The molecule has 5 heteroatoms. The molecule has 0 aromatic heterocycles. The first-order valence-electron chi connectivity index (χ1n) is 5.57. The molecule has 0 spiro atoms. The van der Waals surface area contributed by atoms with E-state index in [2.05, 4.69) is 0 Å². The van der Waals surface area contributed by atoms with Crippen molar-refractivity contribution in [2.24, 2.45) is 5.73 Å². The Bertz CT molecular complexity index is 223. The molecule has 1 aliphatic rings. The molecule has 1 amide bonds. The van der Waals surface area contributed by atoms with Crippen molar-refractivity contribution < 1.29 is 9.00 Å². The summed E-state index contributed by atoms with van der Waals surface area (Å²) < 4.78 is 11.1. The van der Waals surface area contributed by atoms with Gasteiger partial charge in [0.15, 0.2) is 0 Å². The van der Waals surface area contributed by atoms with Crippen molar-refractivity contribution in [1.82, 2.24) is 4.90 Å². The van der Waals surface area contributed by atoms with Crippen molar-refractivity contribution in [3.63, 3.8) is 0 Å². The highest BCUT2D eigenvalue weighted by Crippen LogP contribution is 2.06. The molecule has 88 valence electrons. The molecule has 0 aromatic rings. The van der Waals surface area contributed by atoms with Crippen molar-refractivity contribution >= 4 is 16.7 Å². The van der Waals surface area contributed by atoms with Crippen LogP contribution in [0.1, 0.15) is 25.7 Å². The van der Waals surface area contributed by atoms with Crippen LogP contribution >= 0.6 is 0 Å². The molecule has 1 saturated heterocycles. The molecular formula is C10H20N2O2S. The summed E-state index contributed by atoms with van der Waals surface area (Å²) in [4.78, 5) is 13.5. The van der Waals surface area contributed by atoms with Crippen LogP contribution in [-0.4, -0.2) is 46.2 Å². The quantitative estimate of drug-likeness (QED) is 0.684. The first-order chi connectivity index (χ1) is 7.24. The third-order valence-electron chi connectivity index (χ3n) is 2.63. The van der Waals surface area contributed by atoms with Crippen LogP contribution in [0.4, 0.5) is 0 Å². The molecule has 1 aliphatic heterocycles. The number of nitrogens with zero attached hydrogens (tertiary/aromatic N) is 1. The summed E-state index contributed by atoms with van der Waals surface area (Å²) in [5, 5.41) is 0. The first kappa shape index (κ1) is 12.6. The van der Waals surface area contributed by atoms with E-state index in [1.807, 2.05) is 4.90 Å². The Balaban J connectivity index is 2.14. The average Bonchev–Trinajstić information content (AvgIpc) is 2.25. The summed E-state index contributed by atoms with van der Waals surface area (Å²) in [5.74, 6) is 1.51. The zero-order valence-corrected chi connectivity index (χ0v) is 9.93. The van der Waals surface area contributed by atoms with Crippen molar-refractivity contribution in [3.05, 3.63) is 0 Å². The Morgan fingerprint density at radius 3 is 2.47 bits per heavy atom. The van der Waals surface area contributed by atoms with Crippen LogP contribution in [0.3, 0.4) is 0 Å². The summed E-state index contributed by atoms with van der Waals surface area (Å²) in [6, 6.07) is 0. The number of nitrogens with two attached hydrogens (primary N) is 1. The third kappa shape index (κ3) is 4.75. The average molecular weight is 232 g/mol. The van der Waals surface area contributed by atoms with Gasteiger partial charge in [-0.25, -0.2) is 0 Å². The predicted octanol–water partition coefficient (Wildman–Crippen LogP) is 0.0964.